The molecule has 0 unspecified atom stereocenters. The zero-order chi connectivity index (χ0) is 19.9. The maximum absolute atomic E-state index is 12.5. The Hall–Kier alpha value is -2.81. The molecule has 0 saturated carbocycles. The van der Waals surface area contributed by atoms with Gasteiger partial charge in [-0.05, 0) is 37.4 Å². The van der Waals surface area contributed by atoms with Crippen molar-refractivity contribution in [3.63, 3.8) is 0 Å². The molecule has 1 aliphatic rings. The van der Waals surface area contributed by atoms with E-state index in [-0.39, 0.29) is 11.9 Å². The highest BCUT2D eigenvalue weighted by Crippen LogP contribution is 2.19. The maximum atomic E-state index is 12.5. The van der Waals surface area contributed by atoms with Crippen LogP contribution >= 0.6 is 11.8 Å². The monoisotopic (exact) mass is 400 g/mol. The molecule has 1 aromatic carbocycles. The molecule has 0 aliphatic carbocycles. The van der Waals surface area contributed by atoms with Gasteiger partial charge >= 0.3 is 6.03 Å². The van der Waals surface area contributed by atoms with Crippen LogP contribution < -0.4 is 15.5 Å². The van der Waals surface area contributed by atoms with Crippen molar-refractivity contribution in [2.45, 2.75) is 17.9 Å². The summed E-state index contributed by atoms with van der Waals surface area (Å²) in [4.78, 5) is 38.2. The van der Waals surface area contributed by atoms with Crippen LogP contribution in [-0.4, -0.2) is 65.3 Å². The zero-order valence-corrected chi connectivity index (χ0v) is 16.8. The van der Waals surface area contributed by atoms with Crippen molar-refractivity contribution in [1.82, 2.24) is 20.2 Å². The van der Waals surface area contributed by atoms with E-state index in [1.807, 2.05) is 35.4 Å². The second-order valence-corrected chi connectivity index (χ2v) is 7.29. The van der Waals surface area contributed by atoms with Gasteiger partial charge in [-0.15, -0.1) is 11.8 Å². The van der Waals surface area contributed by atoms with Crippen molar-refractivity contribution in [3.05, 3.63) is 42.7 Å². The molecule has 1 aliphatic heterocycles. The van der Waals surface area contributed by atoms with E-state index in [0.717, 1.165) is 10.6 Å². The molecule has 1 atom stereocenters. The van der Waals surface area contributed by atoms with Crippen LogP contribution in [0, 0.1) is 0 Å². The van der Waals surface area contributed by atoms with Crippen molar-refractivity contribution in [3.8, 4) is 0 Å². The number of piperazine rings is 1. The Morgan fingerprint density at radius 1 is 1.11 bits per heavy atom. The highest BCUT2D eigenvalue weighted by atomic mass is 32.2. The molecule has 0 radical (unpaired) electrons. The Morgan fingerprint density at radius 3 is 2.50 bits per heavy atom. The lowest BCUT2D eigenvalue weighted by Crippen LogP contribution is -2.55. The second-order valence-electron chi connectivity index (χ2n) is 6.42. The number of anilines is 2. The molecule has 148 valence electrons. The number of aromatic nitrogens is 2. The van der Waals surface area contributed by atoms with Gasteiger partial charge in [0.25, 0.3) is 0 Å². The number of hydrogen-bond acceptors (Lipinski definition) is 6. The van der Waals surface area contributed by atoms with E-state index in [9.17, 15) is 9.59 Å². The Kier molecular flexibility index (Phi) is 6.70. The zero-order valence-electron chi connectivity index (χ0n) is 16.0. The van der Waals surface area contributed by atoms with Crippen LogP contribution in [0.4, 0.5) is 16.4 Å². The lowest BCUT2D eigenvalue weighted by molar-refractivity contribution is -0.117. The second kappa shape index (κ2) is 9.41. The van der Waals surface area contributed by atoms with Gasteiger partial charge in [0.2, 0.25) is 11.9 Å². The summed E-state index contributed by atoms with van der Waals surface area (Å²) in [7, 11) is 0. The predicted molar refractivity (Wildman–Crippen MR) is 111 cm³/mol. The number of amides is 3. The number of urea groups is 1. The number of nitrogens with zero attached hydrogens (tertiary/aromatic N) is 4. The fourth-order valence-electron chi connectivity index (χ4n) is 2.86. The van der Waals surface area contributed by atoms with Crippen molar-refractivity contribution in [2.24, 2.45) is 0 Å². The molecule has 8 nitrogen and oxygen atoms in total. The third-order valence-corrected chi connectivity index (χ3v) is 5.20. The van der Waals surface area contributed by atoms with Crippen molar-refractivity contribution < 1.29 is 9.59 Å². The average Bonchev–Trinajstić information content (AvgIpc) is 2.74. The molecule has 1 aromatic heterocycles. The molecule has 3 rings (SSSR count). The van der Waals surface area contributed by atoms with E-state index < -0.39 is 6.04 Å². The van der Waals surface area contributed by atoms with Crippen LogP contribution in [0.5, 0.6) is 0 Å². The van der Waals surface area contributed by atoms with Crippen LogP contribution in [0.2, 0.25) is 0 Å². The lowest BCUT2D eigenvalue weighted by Gasteiger charge is -2.35. The smallest absolute Gasteiger partial charge is 0.318 e. The van der Waals surface area contributed by atoms with Gasteiger partial charge in [-0.2, -0.15) is 0 Å². The van der Waals surface area contributed by atoms with E-state index in [4.69, 9.17) is 0 Å². The first kappa shape index (κ1) is 19.9. The number of carbonyl (C=O) groups excluding carboxylic acids is 2. The van der Waals surface area contributed by atoms with Crippen molar-refractivity contribution in [2.75, 3.05) is 42.7 Å². The van der Waals surface area contributed by atoms with Crippen molar-refractivity contribution in [1.29, 1.82) is 0 Å². The average molecular weight is 401 g/mol. The van der Waals surface area contributed by atoms with Gasteiger partial charge in [-0.25, -0.2) is 14.8 Å². The molecule has 9 heteroatoms. The molecule has 28 heavy (non-hydrogen) atoms. The van der Waals surface area contributed by atoms with Gasteiger partial charge < -0.3 is 20.4 Å². The van der Waals surface area contributed by atoms with Gasteiger partial charge in [0, 0.05) is 49.2 Å². The third kappa shape index (κ3) is 5.13. The van der Waals surface area contributed by atoms with Crippen LogP contribution in [0.1, 0.15) is 6.92 Å². The fraction of sp³-hybridized carbons (Fsp3) is 0.368. The number of hydrogen-bond donors (Lipinski definition) is 2. The summed E-state index contributed by atoms with van der Waals surface area (Å²) in [6, 6.07) is 8.50. The summed E-state index contributed by atoms with van der Waals surface area (Å²) >= 11 is 1.61. The Bertz CT molecular complexity index is 811. The van der Waals surface area contributed by atoms with Crippen LogP contribution in [0.15, 0.2) is 47.6 Å². The summed E-state index contributed by atoms with van der Waals surface area (Å²) in [5.74, 6) is 0.422. The van der Waals surface area contributed by atoms with Gasteiger partial charge in [0.15, 0.2) is 0 Å². The highest BCUT2D eigenvalue weighted by Gasteiger charge is 2.25. The summed E-state index contributed by atoms with van der Waals surface area (Å²) in [5, 5.41) is 5.62. The number of nitrogens with one attached hydrogen (secondary N) is 2. The Morgan fingerprint density at radius 2 is 1.82 bits per heavy atom. The highest BCUT2D eigenvalue weighted by molar-refractivity contribution is 7.98. The molecule has 0 spiro atoms. The topological polar surface area (TPSA) is 90.5 Å². The van der Waals surface area contributed by atoms with Gasteiger partial charge in [-0.1, -0.05) is 6.07 Å². The van der Waals surface area contributed by atoms with Crippen LogP contribution in [0.25, 0.3) is 0 Å². The quantitative estimate of drug-likeness (QED) is 0.747. The number of thioether (sulfide) groups is 1. The van der Waals surface area contributed by atoms with E-state index in [2.05, 4.69) is 20.6 Å². The molecular formula is C19H24N6O2S. The van der Waals surface area contributed by atoms with Crippen LogP contribution in [-0.2, 0) is 4.79 Å². The molecule has 2 N–H and O–H groups in total. The minimum Gasteiger partial charge on any atom is -0.337 e. The van der Waals surface area contributed by atoms with Gasteiger partial charge in [0.1, 0.15) is 6.04 Å². The van der Waals surface area contributed by atoms with Crippen molar-refractivity contribution >= 4 is 35.3 Å². The minimum atomic E-state index is -0.638. The predicted octanol–water partition coefficient (Wildman–Crippen LogP) is 2.06. The molecule has 1 fully saturated rings. The summed E-state index contributed by atoms with van der Waals surface area (Å²) < 4.78 is 0. The summed E-state index contributed by atoms with van der Waals surface area (Å²) in [6.07, 6.45) is 5.39. The van der Waals surface area contributed by atoms with E-state index in [1.165, 1.54) is 0 Å². The normalized spacial score (nSPS) is 15.1. The molecule has 3 amide bonds. The maximum Gasteiger partial charge on any atom is 0.318 e. The van der Waals surface area contributed by atoms with Crippen LogP contribution in [0.3, 0.4) is 0 Å². The largest absolute Gasteiger partial charge is 0.337 e. The Labute approximate surface area is 168 Å². The molecule has 2 heterocycles. The Balaban J connectivity index is 1.48. The first-order valence-corrected chi connectivity index (χ1v) is 10.3. The first-order valence-electron chi connectivity index (χ1n) is 9.09. The fourth-order valence-corrected chi connectivity index (χ4v) is 3.32. The first-order chi connectivity index (χ1) is 13.6. The molecule has 0 bridgehead atoms. The standard InChI is InChI=1S/C19H24N6O2S/c1-14(17(26)23-15-5-3-6-16(13-15)28-2)22-19(27)25-11-9-24(10-12-25)18-20-7-4-8-21-18/h3-8,13-14H,9-12H2,1-2H3,(H,22,27)(H,23,26)/t14-/m0/s1. The number of rotatable bonds is 5. The number of benzene rings is 1. The molecule has 2 aromatic rings. The van der Waals surface area contributed by atoms with E-state index in [0.29, 0.717) is 32.1 Å². The van der Waals surface area contributed by atoms with E-state index >= 15 is 0 Å². The summed E-state index contributed by atoms with van der Waals surface area (Å²) in [5.41, 5.74) is 0.717. The third-order valence-electron chi connectivity index (χ3n) is 4.47. The molecule has 1 saturated heterocycles. The van der Waals surface area contributed by atoms with E-state index in [1.54, 1.807) is 42.0 Å². The van der Waals surface area contributed by atoms with Gasteiger partial charge in [0.05, 0.1) is 0 Å². The SMILES string of the molecule is CSc1cccc(NC(=O)[C@H](C)NC(=O)N2CCN(c3ncccn3)CC2)c1. The van der Waals surface area contributed by atoms with Gasteiger partial charge in [-0.3, -0.25) is 4.79 Å². The minimum absolute atomic E-state index is 0.242. The lowest BCUT2D eigenvalue weighted by atomic mass is 10.2. The summed E-state index contributed by atoms with van der Waals surface area (Å²) in [6.45, 7) is 4.08. The number of carbonyl (C=O) groups is 2. The molecular weight excluding hydrogens is 376 g/mol.